The average Bonchev–Trinajstić information content (AvgIpc) is 3.79. The molecule has 62 heavy (non-hydrogen) atoms. The normalized spacial score (nSPS) is 24.0. The summed E-state index contributed by atoms with van der Waals surface area (Å²) in [7, 11) is -4.67. The van der Waals surface area contributed by atoms with Crippen LogP contribution in [-0.4, -0.2) is 125 Å². The number of imidazole rings is 2. The van der Waals surface area contributed by atoms with Crippen molar-refractivity contribution in [1.82, 2.24) is 48.6 Å². The summed E-state index contributed by atoms with van der Waals surface area (Å²) in [5.74, 6) is 3.18. The Bertz CT molecular complexity index is 2450. The largest absolute Gasteiger partial charge is 0.396 e. The number of aliphatic hydroxyl groups is 3. The van der Waals surface area contributed by atoms with Gasteiger partial charge in [-0.15, -0.1) is 11.8 Å². The van der Waals surface area contributed by atoms with Gasteiger partial charge in [-0.05, 0) is 44.6 Å². The van der Waals surface area contributed by atoms with Gasteiger partial charge in [0.15, 0.2) is 34.0 Å². The molecule has 6 heterocycles. The van der Waals surface area contributed by atoms with E-state index in [1.165, 1.54) is 16.3 Å². The predicted octanol–water partition coefficient (Wildman–Crippen LogP) is 0.938. The van der Waals surface area contributed by atoms with Gasteiger partial charge in [0, 0.05) is 49.1 Å². The third kappa shape index (κ3) is 11.5. The SMILES string of the molecule is Nc1ccn([C@H]2CS[C@@H](CO)O2)c(=O)n1.Nc1nc(NC2CC2)c2ncn([C@H]3C=C[C@@H](CO)C3)c2n1.Nc1nc(NC2CC2)c2ncn([C@H]3C=C[C@@H](CO)C3)c2n1.O=S(=O)(O)O. The van der Waals surface area contributed by atoms with E-state index in [0.717, 1.165) is 72.5 Å². The van der Waals surface area contributed by atoms with E-state index in [1.54, 1.807) is 24.9 Å². The van der Waals surface area contributed by atoms with E-state index in [1.807, 2.05) is 21.3 Å². The van der Waals surface area contributed by atoms with Crippen LogP contribution in [0.5, 0.6) is 0 Å². The summed E-state index contributed by atoms with van der Waals surface area (Å²) < 4.78 is 42.4. The molecule has 0 amide bonds. The molecule has 0 unspecified atom stereocenters. The molecule has 5 aliphatic rings. The van der Waals surface area contributed by atoms with Crippen molar-refractivity contribution in [2.75, 3.05) is 53.4 Å². The molecule has 3 fully saturated rings. The highest BCUT2D eigenvalue weighted by atomic mass is 32.3. The number of nitrogens with two attached hydrogens (primary N) is 3. The highest BCUT2D eigenvalue weighted by molar-refractivity contribution is 8.00. The Morgan fingerprint density at radius 3 is 1.60 bits per heavy atom. The number of aromatic nitrogens is 10. The highest BCUT2D eigenvalue weighted by Crippen LogP contribution is 2.35. The summed E-state index contributed by atoms with van der Waals surface area (Å²) in [5.41, 5.74) is 19.4. The number of rotatable bonds is 10. The molecular formula is C36H49N15O9S2. The number of ether oxygens (including phenoxy) is 1. The Morgan fingerprint density at radius 1 is 0.726 bits per heavy atom. The fourth-order valence-electron chi connectivity index (χ4n) is 6.91. The fraction of sp³-hybridized carbons (Fsp3) is 0.500. The van der Waals surface area contributed by atoms with Crippen molar-refractivity contribution in [3.8, 4) is 0 Å². The summed E-state index contributed by atoms with van der Waals surface area (Å²) in [6.45, 7) is 0.287. The molecule has 0 aromatic carbocycles. The molecule has 6 atom stereocenters. The van der Waals surface area contributed by atoms with Crippen molar-refractivity contribution in [1.29, 1.82) is 0 Å². The van der Waals surface area contributed by atoms with Crippen LogP contribution in [0.25, 0.3) is 22.3 Å². The highest BCUT2D eigenvalue weighted by Gasteiger charge is 2.29. The molecule has 5 aromatic heterocycles. The fourth-order valence-corrected chi connectivity index (χ4v) is 7.84. The zero-order valence-corrected chi connectivity index (χ0v) is 34.8. The average molecular weight is 900 g/mol. The minimum atomic E-state index is -4.67. The van der Waals surface area contributed by atoms with Crippen LogP contribution in [0.2, 0.25) is 0 Å². The third-order valence-electron chi connectivity index (χ3n) is 10.2. The van der Waals surface area contributed by atoms with Gasteiger partial charge in [0.05, 0.1) is 31.3 Å². The maximum absolute atomic E-state index is 11.4. The first kappa shape index (κ1) is 44.6. The van der Waals surface area contributed by atoms with Crippen molar-refractivity contribution in [3.05, 3.63) is 59.7 Å². The van der Waals surface area contributed by atoms with Crippen molar-refractivity contribution in [3.63, 3.8) is 0 Å². The van der Waals surface area contributed by atoms with Gasteiger partial charge >= 0.3 is 16.1 Å². The van der Waals surface area contributed by atoms with E-state index in [2.05, 4.69) is 57.7 Å². The minimum Gasteiger partial charge on any atom is -0.396 e. The lowest BCUT2D eigenvalue weighted by Crippen LogP contribution is -2.28. The van der Waals surface area contributed by atoms with Crippen LogP contribution in [0.1, 0.15) is 56.8 Å². The van der Waals surface area contributed by atoms with Crippen LogP contribution < -0.4 is 33.5 Å². The van der Waals surface area contributed by atoms with Crippen molar-refractivity contribution < 1.29 is 37.6 Å². The predicted molar refractivity (Wildman–Crippen MR) is 230 cm³/mol. The quantitative estimate of drug-likeness (QED) is 0.0688. The number of thioether (sulfide) groups is 1. The molecule has 334 valence electrons. The molecule has 0 radical (unpaired) electrons. The van der Waals surface area contributed by atoms with Gasteiger partial charge in [-0.1, -0.05) is 24.3 Å². The Hall–Kier alpha value is -5.48. The van der Waals surface area contributed by atoms with Gasteiger partial charge in [0.2, 0.25) is 11.9 Å². The first-order chi connectivity index (χ1) is 29.7. The van der Waals surface area contributed by atoms with E-state index in [4.69, 9.17) is 44.6 Å². The van der Waals surface area contributed by atoms with Gasteiger partial charge in [-0.2, -0.15) is 33.3 Å². The van der Waals surface area contributed by atoms with E-state index in [9.17, 15) is 15.0 Å². The number of aliphatic hydroxyl groups excluding tert-OH is 3. The lowest BCUT2D eigenvalue weighted by molar-refractivity contribution is -0.00629. The number of nitrogens with zero attached hydrogens (tertiary/aromatic N) is 10. The molecule has 0 spiro atoms. The third-order valence-corrected chi connectivity index (χ3v) is 11.4. The van der Waals surface area contributed by atoms with Crippen molar-refractivity contribution in [2.24, 2.45) is 11.8 Å². The Morgan fingerprint density at radius 2 is 1.21 bits per heavy atom. The second-order valence-electron chi connectivity index (χ2n) is 15.1. The molecule has 2 saturated carbocycles. The minimum absolute atomic E-state index is 0.0572. The van der Waals surface area contributed by atoms with Gasteiger partial charge in [-0.25, -0.2) is 14.8 Å². The zero-order valence-electron chi connectivity index (χ0n) is 33.2. The van der Waals surface area contributed by atoms with Gasteiger partial charge < -0.3 is 57.0 Å². The first-order valence-electron chi connectivity index (χ1n) is 19.7. The number of nitrogen functional groups attached to an aromatic ring is 3. The molecular weight excluding hydrogens is 851 g/mol. The molecule has 13 N–H and O–H groups in total. The zero-order chi connectivity index (χ0) is 44.1. The van der Waals surface area contributed by atoms with Gasteiger partial charge in [-0.3, -0.25) is 13.7 Å². The molecule has 10 rings (SSSR count). The number of fused-ring (bicyclic) bond motifs is 2. The van der Waals surface area contributed by atoms with Crippen molar-refractivity contribution >= 4 is 73.8 Å². The summed E-state index contributed by atoms with van der Waals surface area (Å²) in [6.07, 6.45) is 19.4. The maximum atomic E-state index is 11.4. The maximum Gasteiger partial charge on any atom is 0.394 e. The van der Waals surface area contributed by atoms with Crippen LogP contribution in [0.4, 0.5) is 29.4 Å². The lowest BCUT2D eigenvalue weighted by Gasteiger charge is -2.13. The summed E-state index contributed by atoms with van der Waals surface area (Å²) in [6, 6.07) is 2.84. The van der Waals surface area contributed by atoms with E-state index < -0.39 is 16.1 Å². The van der Waals surface area contributed by atoms with E-state index in [0.29, 0.717) is 17.8 Å². The molecule has 1 aliphatic heterocycles. The van der Waals surface area contributed by atoms with E-state index in [-0.39, 0.29) is 73.1 Å². The summed E-state index contributed by atoms with van der Waals surface area (Å²) >= 11 is 1.47. The van der Waals surface area contributed by atoms with Crippen LogP contribution in [0, 0.1) is 11.8 Å². The number of nitrogens with one attached hydrogen (secondary N) is 2. The second-order valence-corrected chi connectivity index (χ2v) is 17.2. The van der Waals surface area contributed by atoms with Crippen LogP contribution in [0.15, 0.2) is 54.0 Å². The number of anilines is 5. The van der Waals surface area contributed by atoms with Crippen molar-refractivity contribution in [2.45, 2.75) is 74.4 Å². The summed E-state index contributed by atoms with van der Waals surface area (Å²) in [4.78, 5) is 41.2. The molecule has 1 saturated heterocycles. The lowest BCUT2D eigenvalue weighted by atomic mass is 10.1. The monoisotopic (exact) mass is 899 g/mol. The Balaban J connectivity index is 0.000000134. The standard InChI is InChI=1S/2C14H18N6O.C8H11N3O3S.H2O4S/c2*15-14-18-12(17-9-2-3-9)11-13(19-14)20(7-16-11)10-4-1-8(5-10)6-21;9-5-1-2-11(8(13)10-5)6-4-15-7(3-12)14-6;1-5(2,3)4/h2*1,4,7-10,21H,2-3,5-6H2,(H3,15,17,18,19);1-2,6-7,12H,3-4H2,(H2,9,10,13);(H2,1,2,3,4)/t2*8-,10+;6-,7+;/m111./s1. The topological polar surface area (TPSA) is 369 Å². The molecule has 24 nitrogen and oxygen atoms in total. The van der Waals surface area contributed by atoms with Crippen LogP contribution >= 0.6 is 11.8 Å². The Kier molecular flexibility index (Phi) is 13.9. The van der Waals surface area contributed by atoms with Crippen LogP contribution in [0.3, 0.4) is 0 Å². The first-order valence-corrected chi connectivity index (χ1v) is 22.2. The molecule has 5 aromatic rings. The van der Waals surface area contributed by atoms with E-state index >= 15 is 0 Å². The second kappa shape index (κ2) is 19.3. The van der Waals surface area contributed by atoms with Crippen LogP contribution in [-0.2, 0) is 15.1 Å². The Labute approximate surface area is 358 Å². The number of hydrogen-bond donors (Lipinski definition) is 10. The number of allylic oxidation sites excluding steroid dienone is 2. The molecule has 4 aliphatic carbocycles. The van der Waals surface area contributed by atoms with Gasteiger partial charge in [0.1, 0.15) is 17.5 Å². The van der Waals surface area contributed by atoms with Gasteiger partial charge in [0.25, 0.3) is 0 Å². The smallest absolute Gasteiger partial charge is 0.394 e. The molecule has 0 bridgehead atoms. The number of hydrogen-bond acceptors (Lipinski definition) is 20. The summed E-state index contributed by atoms with van der Waals surface area (Å²) in [5, 5.41) is 34.1. The molecule has 26 heteroatoms.